The molecule has 0 fully saturated rings. The van der Waals surface area contributed by atoms with Crippen molar-refractivity contribution in [3.05, 3.63) is 0 Å². The van der Waals surface area contributed by atoms with Gasteiger partial charge in [-0.05, 0) is 12.8 Å². The van der Waals surface area contributed by atoms with Crippen LogP contribution in [0.15, 0.2) is 0 Å². The summed E-state index contributed by atoms with van der Waals surface area (Å²) >= 11 is 0. The zero-order chi connectivity index (χ0) is 44.0. The van der Waals surface area contributed by atoms with Gasteiger partial charge in [-0.2, -0.15) is 0 Å². The van der Waals surface area contributed by atoms with Gasteiger partial charge in [0.15, 0.2) is 0 Å². The number of rotatable bonds is 50. The second-order valence-corrected chi connectivity index (χ2v) is 19.7. The van der Waals surface area contributed by atoms with Crippen molar-refractivity contribution in [3.8, 4) is 0 Å². The average molecular weight is 875 g/mol. The summed E-state index contributed by atoms with van der Waals surface area (Å²) in [5.41, 5.74) is 5.39. The fourth-order valence-corrected chi connectivity index (χ4v) is 9.06. The Labute approximate surface area is 372 Å². The van der Waals surface area contributed by atoms with Crippen molar-refractivity contribution in [3.63, 3.8) is 0 Å². The second-order valence-electron chi connectivity index (χ2n) is 18.3. The van der Waals surface area contributed by atoms with Crippen molar-refractivity contribution in [1.29, 1.82) is 0 Å². The normalized spacial score (nSPS) is 14.3. The van der Waals surface area contributed by atoms with Crippen molar-refractivity contribution in [2.24, 2.45) is 5.73 Å². The number of unbranched alkanes of at least 4 members (excludes halogenated alkanes) is 36. The van der Waals surface area contributed by atoms with E-state index in [0.29, 0.717) is 12.8 Å². The van der Waals surface area contributed by atoms with Crippen molar-refractivity contribution in [1.82, 2.24) is 5.32 Å². The van der Waals surface area contributed by atoms with Crippen LogP contribution in [0.3, 0.4) is 0 Å². The van der Waals surface area contributed by atoms with Gasteiger partial charge in [0.2, 0.25) is 5.91 Å². The summed E-state index contributed by atoms with van der Waals surface area (Å²) in [6.45, 7) is 4.10. The highest BCUT2D eigenvalue weighted by atomic mass is 31.2. The second kappa shape index (κ2) is 46.5. The van der Waals surface area contributed by atoms with Crippen LogP contribution >= 0.6 is 7.82 Å². The summed E-state index contributed by atoms with van der Waals surface area (Å²) in [6.07, 6.45) is 48.7. The number of amides is 1. The van der Waals surface area contributed by atoms with Crippen LogP contribution in [0.5, 0.6) is 0 Å². The number of hydrogen-bond acceptors (Lipinski definition) is 7. The van der Waals surface area contributed by atoms with Crippen molar-refractivity contribution < 1.29 is 33.5 Å². The standard InChI is InChI=1S/C50H103N2O7P/c1-3-5-7-9-11-13-15-17-19-21-23-24-26-28-30-32-34-36-38-40-42-49(54)48(46-59-60(56,57)58-44-43-51)52-50(55)45-47(53)41-39-37-35-33-31-29-27-25-22-20-18-16-14-12-10-8-6-4-2/h47-49,53-54H,3-46,51H2,1-2H3,(H,52,55)(H,56,57). The minimum absolute atomic E-state index is 0.0630. The Balaban J connectivity index is 4.10. The van der Waals surface area contributed by atoms with Crippen LogP contribution in [0, 0.1) is 0 Å². The molecule has 0 saturated carbocycles. The van der Waals surface area contributed by atoms with Gasteiger partial charge in [-0.1, -0.05) is 258 Å². The van der Waals surface area contributed by atoms with Crippen molar-refractivity contribution >= 4 is 13.7 Å². The zero-order valence-electron chi connectivity index (χ0n) is 39.8. The van der Waals surface area contributed by atoms with Crippen LogP contribution in [-0.2, 0) is 18.4 Å². The first-order chi connectivity index (χ1) is 29.3. The smallest absolute Gasteiger partial charge is 0.393 e. The van der Waals surface area contributed by atoms with E-state index >= 15 is 0 Å². The van der Waals surface area contributed by atoms with E-state index in [9.17, 15) is 24.5 Å². The van der Waals surface area contributed by atoms with Gasteiger partial charge < -0.3 is 26.2 Å². The first-order valence-corrected chi connectivity index (χ1v) is 27.7. The van der Waals surface area contributed by atoms with Crippen molar-refractivity contribution in [2.45, 2.75) is 295 Å². The highest BCUT2D eigenvalue weighted by Crippen LogP contribution is 2.43. The molecule has 0 aliphatic heterocycles. The molecular weight excluding hydrogens is 772 g/mol. The summed E-state index contributed by atoms with van der Waals surface area (Å²) in [5, 5.41) is 24.3. The SMILES string of the molecule is CCCCCCCCCCCCCCCCCCCCCCC(O)C(COP(=O)(O)OCCN)NC(=O)CC(O)CCCCCCCCCCCCCCCCCCCC. The number of carbonyl (C=O) groups excluding carboxylic acids is 1. The number of nitrogens with two attached hydrogens (primary N) is 1. The molecule has 0 bridgehead atoms. The quantitative estimate of drug-likeness (QED) is 0.0299. The molecule has 0 rings (SSSR count). The van der Waals surface area contributed by atoms with E-state index in [2.05, 4.69) is 19.2 Å². The van der Waals surface area contributed by atoms with E-state index in [-0.39, 0.29) is 26.2 Å². The number of nitrogens with one attached hydrogen (secondary N) is 1. The first kappa shape index (κ1) is 59.5. The van der Waals surface area contributed by atoms with Gasteiger partial charge in [0.25, 0.3) is 0 Å². The Morgan fingerprint density at radius 3 is 1.12 bits per heavy atom. The molecule has 0 aromatic rings. The molecule has 6 N–H and O–H groups in total. The molecule has 1 amide bonds. The number of phosphoric ester groups is 1. The molecule has 0 aliphatic rings. The third kappa shape index (κ3) is 44.1. The maximum absolute atomic E-state index is 12.9. The van der Waals surface area contributed by atoms with E-state index in [0.717, 1.165) is 38.5 Å². The minimum Gasteiger partial charge on any atom is -0.393 e. The Morgan fingerprint density at radius 2 is 0.800 bits per heavy atom. The summed E-state index contributed by atoms with van der Waals surface area (Å²) in [5.74, 6) is -0.406. The number of aliphatic hydroxyl groups is 2. The molecule has 0 aromatic heterocycles. The predicted octanol–water partition coefficient (Wildman–Crippen LogP) is 14.3. The highest BCUT2D eigenvalue weighted by Gasteiger charge is 2.28. The van der Waals surface area contributed by atoms with E-state index in [1.54, 1.807) is 0 Å². The van der Waals surface area contributed by atoms with Gasteiger partial charge in [0, 0.05) is 6.54 Å². The molecule has 0 heterocycles. The Bertz CT molecular complexity index is 929. The summed E-state index contributed by atoms with van der Waals surface area (Å²) in [7, 11) is -4.38. The number of carbonyl (C=O) groups is 1. The van der Waals surface area contributed by atoms with Crippen LogP contribution in [0.25, 0.3) is 0 Å². The highest BCUT2D eigenvalue weighted by molar-refractivity contribution is 7.47. The third-order valence-corrected chi connectivity index (χ3v) is 13.2. The van der Waals surface area contributed by atoms with E-state index in [1.165, 1.54) is 205 Å². The van der Waals surface area contributed by atoms with E-state index in [4.69, 9.17) is 14.8 Å². The van der Waals surface area contributed by atoms with Gasteiger partial charge in [-0.3, -0.25) is 13.8 Å². The molecule has 360 valence electrons. The lowest BCUT2D eigenvalue weighted by Gasteiger charge is -2.25. The van der Waals surface area contributed by atoms with Crippen molar-refractivity contribution in [2.75, 3.05) is 19.8 Å². The largest absolute Gasteiger partial charge is 0.472 e. The fourth-order valence-electron chi connectivity index (χ4n) is 8.30. The molecule has 0 aromatic carbocycles. The van der Waals surface area contributed by atoms with Crippen LogP contribution in [0.2, 0.25) is 0 Å². The maximum atomic E-state index is 12.9. The van der Waals surface area contributed by atoms with E-state index < -0.39 is 32.0 Å². The molecule has 9 nitrogen and oxygen atoms in total. The monoisotopic (exact) mass is 875 g/mol. The molecule has 0 aliphatic carbocycles. The van der Waals surface area contributed by atoms with Crippen LogP contribution in [0.1, 0.15) is 277 Å². The lowest BCUT2D eigenvalue weighted by Crippen LogP contribution is -2.47. The zero-order valence-corrected chi connectivity index (χ0v) is 40.7. The first-order valence-electron chi connectivity index (χ1n) is 26.2. The minimum atomic E-state index is -4.38. The molecule has 60 heavy (non-hydrogen) atoms. The Hall–Kier alpha value is -0.540. The lowest BCUT2D eigenvalue weighted by atomic mass is 10.0. The molecule has 0 radical (unpaired) electrons. The number of hydrogen-bond donors (Lipinski definition) is 5. The number of aliphatic hydroxyl groups excluding tert-OH is 2. The summed E-state index contributed by atoms with van der Waals surface area (Å²) < 4.78 is 22.2. The molecule has 0 spiro atoms. The molecule has 10 heteroatoms. The van der Waals surface area contributed by atoms with Crippen LogP contribution in [-0.4, -0.2) is 59.0 Å². The predicted molar refractivity (Wildman–Crippen MR) is 255 cm³/mol. The molecular formula is C50H103N2O7P. The van der Waals surface area contributed by atoms with Gasteiger partial charge in [0.1, 0.15) is 0 Å². The van der Waals surface area contributed by atoms with Gasteiger partial charge in [-0.25, -0.2) is 4.57 Å². The van der Waals surface area contributed by atoms with Crippen LogP contribution < -0.4 is 11.1 Å². The summed E-state index contributed by atoms with van der Waals surface area (Å²) in [4.78, 5) is 22.9. The average Bonchev–Trinajstić information content (AvgIpc) is 3.23. The molecule has 4 unspecified atom stereocenters. The molecule has 0 saturated heterocycles. The topological polar surface area (TPSA) is 151 Å². The van der Waals surface area contributed by atoms with Gasteiger partial charge >= 0.3 is 7.82 Å². The fraction of sp³-hybridized carbons (Fsp3) is 0.980. The van der Waals surface area contributed by atoms with Crippen LogP contribution in [0.4, 0.5) is 0 Å². The Morgan fingerprint density at radius 1 is 0.500 bits per heavy atom. The van der Waals surface area contributed by atoms with Gasteiger partial charge in [0.05, 0.1) is 37.9 Å². The summed E-state index contributed by atoms with van der Waals surface area (Å²) in [6, 6.07) is -0.892. The third-order valence-electron chi connectivity index (χ3n) is 12.3. The van der Waals surface area contributed by atoms with E-state index in [1.807, 2.05) is 0 Å². The Kier molecular flexibility index (Phi) is 46.0. The lowest BCUT2D eigenvalue weighted by molar-refractivity contribution is -0.125. The maximum Gasteiger partial charge on any atom is 0.472 e. The molecule has 4 atom stereocenters. The number of phosphoric acid groups is 1. The van der Waals surface area contributed by atoms with Gasteiger partial charge in [-0.15, -0.1) is 0 Å².